The molecule has 0 aromatic heterocycles. The zero-order valence-electron chi connectivity index (χ0n) is 8.17. The molecule has 15 heavy (non-hydrogen) atoms. The minimum Gasteiger partial charge on any atom is -0.464 e. The molecule has 0 aromatic carbocycles. The second-order valence-corrected chi connectivity index (χ2v) is 2.91. The molecule has 0 bridgehead atoms. The van der Waals surface area contributed by atoms with Crippen molar-refractivity contribution in [3.8, 4) is 0 Å². The number of carbonyl (C=O) groups excluding carboxylic acids is 2. The maximum absolute atomic E-state index is 12.4. The molecule has 0 aliphatic rings. The van der Waals surface area contributed by atoms with Gasteiger partial charge in [0, 0.05) is 0 Å². The van der Waals surface area contributed by atoms with Crippen LogP contribution in [0.1, 0.15) is 13.8 Å². The lowest BCUT2D eigenvalue weighted by Gasteiger charge is -2.30. The third kappa shape index (κ3) is 2.47. The molecule has 0 amide bonds. The fourth-order valence-corrected chi connectivity index (χ4v) is 0.899. The molecule has 0 heterocycles. The second-order valence-electron chi connectivity index (χ2n) is 2.91. The van der Waals surface area contributed by atoms with Crippen LogP contribution in [0.5, 0.6) is 0 Å². The van der Waals surface area contributed by atoms with Gasteiger partial charge in [0.2, 0.25) is 0 Å². The zero-order valence-corrected chi connectivity index (χ0v) is 8.17. The highest BCUT2D eigenvalue weighted by Gasteiger charge is 2.64. The molecule has 88 valence electrons. The lowest BCUT2D eigenvalue weighted by atomic mass is 9.89. The van der Waals surface area contributed by atoms with Crippen molar-refractivity contribution in [3.05, 3.63) is 0 Å². The molecule has 0 aliphatic carbocycles. The van der Waals surface area contributed by atoms with Gasteiger partial charge in [-0.3, -0.25) is 0 Å². The largest absolute Gasteiger partial charge is 0.464 e. The van der Waals surface area contributed by atoms with E-state index in [1.807, 2.05) is 0 Å². The van der Waals surface area contributed by atoms with Gasteiger partial charge in [-0.15, -0.1) is 0 Å². The Morgan fingerprint density at radius 1 is 1.53 bits per heavy atom. The minimum absolute atomic E-state index is 0.148. The van der Waals surface area contributed by atoms with Gasteiger partial charge in [0.25, 0.3) is 5.60 Å². The van der Waals surface area contributed by atoms with Crippen molar-refractivity contribution < 1.29 is 32.6 Å². The molecule has 1 N–H and O–H groups in total. The summed E-state index contributed by atoms with van der Waals surface area (Å²) in [6.07, 6.45) is -5.40. The SMILES string of the molecule is CCOC(=O)C(O)(C(C)C=O)C(F)(F)F. The van der Waals surface area contributed by atoms with Crippen LogP contribution >= 0.6 is 0 Å². The van der Waals surface area contributed by atoms with Gasteiger partial charge in [0.05, 0.1) is 12.5 Å². The van der Waals surface area contributed by atoms with E-state index < -0.39 is 23.7 Å². The summed E-state index contributed by atoms with van der Waals surface area (Å²) in [6.45, 7) is 1.76. The molecule has 0 aromatic rings. The van der Waals surface area contributed by atoms with Crippen LogP contribution in [-0.4, -0.2) is 35.7 Å². The smallest absolute Gasteiger partial charge is 0.428 e. The third-order valence-electron chi connectivity index (χ3n) is 1.88. The van der Waals surface area contributed by atoms with Gasteiger partial charge < -0.3 is 14.6 Å². The lowest BCUT2D eigenvalue weighted by Crippen LogP contribution is -2.58. The maximum atomic E-state index is 12.4. The summed E-state index contributed by atoms with van der Waals surface area (Å²) in [5.41, 5.74) is -3.77. The van der Waals surface area contributed by atoms with Crippen LogP contribution < -0.4 is 0 Å². The minimum atomic E-state index is -5.25. The number of esters is 1. The van der Waals surface area contributed by atoms with Crippen molar-refractivity contribution in [3.63, 3.8) is 0 Å². The standard InChI is InChI=1S/C8H11F3O4/c1-3-15-6(13)7(14,5(2)4-12)8(9,10)11/h4-5,14H,3H2,1-2H3. The first-order chi connectivity index (χ1) is 6.71. The fraction of sp³-hybridized carbons (Fsp3) is 0.750. The number of hydrogen-bond donors (Lipinski definition) is 1. The summed E-state index contributed by atoms with van der Waals surface area (Å²) in [7, 11) is 0. The highest BCUT2D eigenvalue weighted by molar-refractivity contribution is 5.84. The van der Waals surface area contributed by atoms with Gasteiger partial charge in [0.1, 0.15) is 6.29 Å². The Labute approximate surface area is 84.0 Å². The molecule has 0 saturated carbocycles. The van der Waals surface area contributed by atoms with Crippen LogP contribution in [0.15, 0.2) is 0 Å². The van der Waals surface area contributed by atoms with E-state index in [9.17, 15) is 27.9 Å². The Morgan fingerprint density at radius 2 is 2.00 bits per heavy atom. The lowest BCUT2D eigenvalue weighted by molar-refractivity contribution is -0.273. The highest BCUT2D eigenvalue weighted by Crippen LogP contribution is 2.36. The molecule has 0 aliphatic heterocycles. The quantitative estimate of drug-likeness (QED) is 0.567. The average molecular weight is 228 g/mol. The first-order valence-electron chi connectivity index (χ1n) is 4.13. The molecular formula is C8H11F3O4. The second kappa shape index (κ2) is 4.61. The maximum Gasteiger partial charge on any atom is 0.428 e. The predicted octanol–water partition coefficient (Wildman–Crippen LogP) is 0.678. The Balaban J connectivity index is 5.21. The van der Waals surface area contributed by atoms with Crippen molar-refractivity contribution >= 4 is 12.3 Å². The van der Waals surface area contributed by atoms with Crippen LogP contribution in [0.25, 0.3) is 0 Å². The van der Waals surface area contributed by atoms with Crippen LogP contribution in [0, 0.1) is 5.92 Å². The topological polar surface area (TPSA) is 63.6 Å². The molecule has 0 saturated heterocycles. The highest BCUT2D eigenvalue weighted by atomic mass is 19.4. The normalized spacial score (nSPS) is 17.7. The summed E-state index contributed by atoms with van der Waals surface area (Å²) < 4.78 is 41.3. The number of hydrogen-bond acceptors (Lipinski definition) is 4. The molecule has 0 spiro atoms. The van der Waals surface area contributed by atoms with Gasteiger partial charge in [-0.2, -0.15) is 13.2 Å². The molecule has 7 heteroatoms. The van der Waals surface area contributed by atoms with E-state index in [1.54, 1.807) is 0 Å². The van der Waals surface area contributed by atoms with Crippen LogP contribution in [0.2, 0.25) is 0 Å². The number of rotatable bonds is 4. The van der Waals surface area contributed by atoms with E-state index in [2.05, 4.69) is 4.74 Å². The Bertz CT molecular complexity index is 251. The number of aldehydes is 1. The number of carbonyl (C=O) groups is 2. The summed E-state index contributed by atoms with van der Waals surface area (Å²) >= 11 is 0. The van der Waals surface area contributed by atoms with Crippen LogP contribution in [-0.2, 0) is 14.3 Å². The van der Waals surface area contributed by atoms with E-state index in [0.717, 1.165) is 6.92 Å². The molecule has 0 rings (SSSR count). The molecular weight excluding hydrogens is 217 g/mol. The Morgan fingerprint density at radius 3 is 2.27 bits per heavy atom. The van der Waals surface area contributed by atoms with E-state index in [-0.39, 0.29) is 12.9 Å². The first-order valence-corrected chi connectivity index (χ1v) is 4.13. The van der Waals surface area contributed by atoms with Crippen molar-refractivity contribution in [1.82, 2.24) is 0 Å². The number of ether oxygens (including phenoxy) is 1. The Hall–Kier alpha value is -1.11. The van der Waals surface area contributed by atoms with Crippen LogP contribution in [0.4, 0.5) is 13.2 Å². The number of alkyl halides is 3. The zero-order chi connectivity index (χ0) is 12.3. The van der Waals surface area contributed by atoms with Gasteiger partial charge in [-0.25, -0.2) is 4.79 Å². The molecule has 2 unspecified atom stereocenters. The van der Waals surface area contributed by atoms with Gasteiger partial charge in [0.15, 0.2) is 0 Å². The van der Waals surface area contributed by atoms with Gasteiger partial charge in [-0.05, 0) is 6.92 Å². The monoisotopic (exact) mass is 228 g/mol. The van der Waals surface area contributed by atoms with Crippen molar-refractivity contribution in [2.45, 2.75) is 25.6 Å². The summed E-state index contributed by atoms with van der Waals surface area (Å²) in [5, 5.41) is 9.19. The van der Waals surface area contributed by atoms with E-state index in [4.69, 9.17) is 0 Å². The third-order valence-corrected chi connectivity index (χ3v) is 1.88. The Kier molecular flexibility index (Phi) is 4.27. The van der Waals surface area contributed by atoms with E-state index >= 15 is 0 Å². The molecule has 0 radical (unpaired) electrons. The van der Waals surface area contributed by atoms with Crippen molar-refractivity contribution in [2.75, 3.05) is 6.61 Å². The van der Waals surface area contributed by atoms with Crippen molar-refractivity contribution in [2.24, 2.45) is 5.92 Å². The summed E-state index contributed by atoms with van der Waals surface area (Å²) in [6, 6.07) is 0. The van der Waals surface area contributed by atoms with Gasteiger partial charge in [-0.1, -0.05) is 6.92 Å². The molecule has 4 nitrogen and oxygen atoms in total. The summed E-state index contributed by atoms with van der Waals surface area (Å²) in [4.78, 5) is 21.2. The van der Waals surface area contributed by atoms with E-state index in [0.29, 0.717) is 0 Å². The van der Waals surface area contributed by atoms with Crippen molar-refractivity contribution in [1.29, 1.82) is 0 Å². The summed E-state index contributed by atoms with van der Waals surface area (Å²) in [5.74, 6) is -3.78. The number of halogens is 3. The molecule has 0 fully saturated rings. The van der Waals surface area contributed by atoms with Gasteiger partial charge >= 0.3 is 12.1 Å². The first kappa shape index (κ1) is 13.9. The average Bonchev–Trinajstić information content (AvgIpc) is 2.13. The number of aliphatic hydroxyl groups is 1. The fourth-order valence-electron chi connectivity index (χ4n) is 0.899. The van der Waals surface area contributed by atoms with E-state index in [1.165, 1.54) is 6.92 Å². The van der Waals surface area contributed by atoms with Crippen LogP contribution in [0.3, 0.4) is 0 Å². The predicted molar refractivity (Wildman–Crippen MR) is 42.9 cm³/mol. The molecule has 2 atom stereocenters.